The molecule has 0 bridgehead atoms. The maximum absolute atomic E-state index is 11.3. The lowest BCUT2D eigenvalue weighted by Crippen LogP contribution is -2.20. The van der Waals surface area contributed by atoms with Crippen LogP contribution in [-0.4, -0.2) is 15.0 Å². The Kier molecular flexibility index (Phi) is 6.52. The van der Waals surface area contributed by atoms with Gasteiger partial charge < -0.3 is 0 Å². The van der Waals surface area contributed by atoms with Crippen LogP contribution < -0.4 is 4.72 Å². The lowest BCUT2D eigenvalue weighted by Gasteiger charge is -2.01. The fourth-order valence-electron chi connectivity index (χ4n) is 1.16. The largest absolute Gasteiger partial charge is 0.233 e. The van der Waals surface area contributed by atoms with Crippen molar-refractivity contribution >= 4 is 10.0 Å². The fraction of sp³-hybridized carbons (Fsp3) is 0.636. The second kappa shape index (κ2) is 6.80. The minimum absolute atomic E-state index is 0.431. The van der Waals surface area contributed by atoms with Gasteiger partial charge in [-0.05, 0) is 33.6 Å². The topological polar surface area (TPSA) is 46.2 Å². The molecule has 0 aliphatic heterocycles. The van der Waals surface area contributed by atoms with Crippen LogP contribution in [0.15, 0.2) is 22.6 Å². The summed E-state index contributed by atoms with van der Waals surface area (Å²) >= 11 is 0. The average molecular weight is 231 g/mol. The summed E-state index contributed by atoms with van der Waals surface area (Å²) < 4.78 is 25.1. The van der Waals surface area contributed by atoms with Gasteiger partial charge in [0.1, 0.15) is 0 Å². The Morgan fingerprint density at radius 3 is 2.33 bits per heavy atom. The van der Waals surface area contributed by atoms with Gasteiger partial charge in [0.05, 0.1) is 0 Å². The molecule has 0 aromatic heterocycles. The number of nitrogens with one attached hydrogen (secondary N) is 1. The van der Waals surface area contributed by atoms with E-state index < -0.39 is 10.0 Å². The van der Waals surface area contributed by atoms with Crippen molar-refractivity contribution in [3.05, 3.63) is 22.6 Å². The molecule has 0 amide bonds. The Labute approximate surface area is 93.3 Å². The third-order valence-electron chi connectivity index (χ3n) is 1.79. The average Bonchev–Trinajstić information content (AvgIpc) is 2.01. The van der Waals surface area contributed by atoms with E-state index in [1.165, 1.54) is 11.0 Å². The molecule has 0 heterocycles. The second-order valence-corrected chi connectivity index (χ2v) is 5.44. The molecule has 0 fully saturated rings. The highest BCUT2D eigenvalue weighted by Gasteiger charge is 2.03. The molecular weight excluding hydrogens is 210 g/mol. The van der Waals surface area contributed by atoms with Gasteiger partial charge in [0.2, 0.25) is 10.0 Å². The molecule has 0 unspecified atom stereocenters. The van der Waals surface area contributed by atoms with Crippen molar-refractivity contribution in [2.24, 2.45) is 0 Å². The number of hydrogen-bond acceptors (Lipinski definition) is 2. The van der Waals surface area contributed by atoms with E-state index in [0.717, 1.165) is 18.4 Å². The molecule has 0 radical (unpaired) electrons. The summed E-state index contributed by atoms with van der Waals surface area (Å²) in [5.74, 6) is 0. The highest BCUT2D eigenvalue weighted by Crippen LogP contribution is 2.08. The van der Waals surface area contributed by atoms with Crippen LogP contribution >= 0.6 is 0 Å². The van der Waals surface area contributed by atoms with Crippen LogP contribution in [0.5, 0.6) is 0 Å². The van der Waals surface area contributed by atoms with Crippen LogP contribution in [0.1, 0.15) is 40.5 Å². The molecule has 88 valence electrons. The Hall–Kier alpha value is -0.610. The molecule has 0 aromatic carbocycles. The van der Waals surface area contributed by atoms with Gasteiger partial charge in [-0.1, -0.05) is 24.1 Å². The lowest BCUT2D eigenvalue weighted by atomic mass is 10.1. The molecule has 0 spiro atoms. The number of sulfonamides is 1. The van der Waals surface area contributed by atoms with E-state index in [0.29, 0.717) is 6.54 Å². The molecule has 0 saturated heterocycles. The Bertz CT molecular complexity index is 336. The van der Waals surface area contributed by atoms with Gasteiger partial charge in [-0.25, -0.2) is 13.1 Å². The first-order valence-corrected chi connectivity index (χ1v) is 6.72. The summed E-state index contributed by atoms with van der Waals surface area (Å²) in [5, 5.41) is 1.31. The molecule has 0 rings (SSSR count). The number of rotatable bonds is 6. The summed E-state index contributed by atoms with van der Waals surface area (Å²) in [6.45, 7) is 8.11. The quantitative estimate of drug-likeness (QED) is 0.714. The zero-order valence-electron chi connectivity index (χ0n) is 10.0. The molecule has 0 aliphatic rings. The second-order valence-electron chi connectivity index (χ2n) is 3.83. The van der Waals surface area contributed by atoms with Crippen LogP contribution in [-0.2, 0) is 10.0 Å². The molecule has 3 nitrogen and oxygen atoms in total. The monoisotopic (exact) mass is 231 g/mol. The summed E-state index contributed by atoms with van der Waals surface area (Å²) in [4.78, 5) is 0. The Morgan fingerprint density at radius 2 is 1.87 bits per heavy atom. The molecule has 1 N–H and O–H groups in total. The molecule has 15 heavy (non-hydrogen) atoms. The van der Waals surface area contributed by atoms with Crippen molar-refractivity contribution in [1.82, 2.24) is 4.72 Å². The Balaban J connectivity index is 4.26. The van der Waals surface area contributed by atoms with Crippen LogP contribution in [0.25, 0.3) is 0 Å². The van der Waals surface area contributed by atoms with E-state index in [1.807, 2.05) is 20.8 Å². The Morgan fingerprint density at radius 1 is 1.27 bits per heavy atom. The summed E-state index contributed by atoms with van der Waals surface area (Å²) in [5.41, 5.74) is 2.14. The number of hydrogen-bond donors (Lipinski definition) is 1. The third-order valence-corrected chi connectivity index (χ3v) is 3.20. The standard InChI is InChI=1S/C11H21NO2S/c1-5-12-15(13,14)9-11(4)8-6-7-10(2)3/h7,9,12H,5-6,8H2,1-4H3/b11-9+. The number of allylic oxidation sites excluding steroid dienone is 3. The van der Waals surface area contributed by atoms with E-state index in [2.05, 4.69) is 10.8 Å². The third kappa shape index (κ3) is 8.39. The van der Waals surface area contributed by atoms with Gasteiger partial charge in [0.15, 0.2) is 0 Å². The summed E-state index contributed by atoms with van der Waals surface area (Å²) in [6.07, 6.45) is 3.79. The normalized spacial score (nSPS) is 12.7. The predicted octanol–water partition coefficient (Wildman–Crippen LogP) is 2.58. The van der Waals surface area contributed by atoms with Crippen molar-refractivity contribution in [2.45, 2.75) is 40.5 Å². The van der Waals surface area contributed by atoms with Gasteiger partial charge in [0.25, 0.3) is 0 Å². The fourth-order valence-corrected chi connectivity index (χ4v) is 2.29. The van der Waals surface area contributed by atoms with Gasteiger partial charge in [0, 0.05) is 12.0 Å². The van der Waals surface area contributed by atoms with Gasteiger partial charge in [-0.3, -0.25) is 0 Å². The van der Waals surface area contributed by atoms with Gasteiger partial charge in [-0.15, -0.1) is 0 Å². The highest BCUT2D eigenvalue weighted by molar-refractivity contribution is 7.92. The van der Waals surface area contributed by atoms with Crippen LogP contribution in [0, 0.1) is 0 Å². The van der Waals surface area contributed by atoms with E-state index in [1.54, 1.807) is 6.92 Å². The van der Waals surface area contributed by atoms with Crippen molar-refractivity contribution in [3.63, 3.8) is 0 Å². The van der Waals surface area contributed by atoms with Crippen LogP contribution in [0.3, 0.4) is 0 Å². The zero-order valence-corrected chi connectivity index (χ0v) is 10.8. The maximum Gasteiger partial charge on any atom is 0.233 e. The van der Waals surface area contributed by atoms with Crippen LogP contribution in [0.4, 0.5) is 0 Å². The van der Waals surface area contributed by atoms with Gasteiger partial charge >= 0.3 is 0 Å². The minimum Gasteiger partial charge on any atom is -0.212 e. The van der Waals surface area contributed by atoms with E-state index >= 15 is 0 Å². The van der Waals surface area contributed by atoms with E-state index in [-0.39, 0.29) is 0 Å². The smallest absolute Gasteiger partial charge is 0.212 e. The SMILES string of the molecule is CCNS(=O)(=O)/C=C(\C)CCC=C(C)C. The summed E-state index contributed by atoms with van der Waals surface area (Å²) in [7, 11) is -3.21. The molecule has 0 atom stereocenters. The van der Waals surface area contributed by atoms with E-state index in [9.17, 15) is 8.42 Å². The first kappa shape index (κ1) is 14.4. The van der Waals surface area contributed by atoms with Crippen molar-refractivity contribution in [3.8, 4) is 0 Å². The van der Waals surface area contributed by atoms with E-state index in [4.69, 9.17) is 0 Å². The van der Waals surface area contributed by atoms with Crippen LogP contribution in [0.2, 0.25) is 0 Å². The predicted molar refractivity (Wildman–Crippen MR) is 65.0 cm³/mol. The van der Waals surface area contributed by atoms with Gasteiger partial charge in [-0.2, -0.15) is 0 Å². The zero-order chi connectivity index (χ0) is 11.9. The molecule has 0 aliphatic carbocycles. The van der Waals surface area contributed by atoms with Crippen molar-refractivity contribution < 1.29 is 8.42 Å². The first-order chi connectivity index (χ1) is 6.87. The molecular formula is C11H21NO2S. The molecule has 0 saturated carbocycles. The first-order valence-electron chi connectivity index (χ1n) is 5.17. The van der Waals surface area contributed by atoms with Crippen molar-refractivity contribution in [1.29, 1.82) is 0 Å². The maximum atomic E-state index is 11.3. The highest BCUT2D eigenvalue weighted by atomic mass is 32.2. The molecule has 4 heteroatoms. The molecule has 0 aromatic rings. The minimum atomic E-state index is -3.21. The lowest BCUT2D eigenvalue weighted by molar-refractivity contribution is 0.592. The van der Waals surface area contributed by atoms with Crippen molar-refractivity contribution in [2.75, 3.05) is 6.54 Å². The summed E-state index contributed by atoms with van der Waals surface area (Å²) in [6, 6.07) is 0.